The van der Waals surface area contributed by atoms with E-state index in [1.54, 1.807) is 0 Å². The zero-order chi connectivity index (χ0) is 30.8. The molecule has 0 radical (unpaired) electrons. The van der Waals surface area contributed by atoms with Crippen LogP contribution in [0.1, 0.15) is 168 Å². The van der Waals surface area contributed by atoms with Gasteiger partial charge in [0.25, 0.3) is 5.48 Å². The quantitative estimate of drug-likeness (QED) is 0.0387. The summed E-state index contributed by atoms with van der Waals surface area (Å²) in [6.07, 6.45) is 27.5. The Kier molecular flexibility index (Phi) is 26.6. The fourth-order valence-corrected chi connectivity index (χ4v) is 6.96. The highest BCUT2D eigenvalue weighted by Gasteiger charge is 2.30. The molecular formula is C35H69NO4P+. The van der Waals surface area contributed by atoms with Crippen molar-refractivity contribution in [3.05, 3.63) is 0 Å². The lowest BCUT2D eigenvalue weighted by Gasteiger charge is -2.22. The van der Waals surface area contributed by atoms with Crippen molar-refractivity contribution in [2.24, 2.45) is 5.92 Å². The highest BCUT2D eigenvalue weighted by atomic mass is 31.1. The molecule has 0 saturated carbocycles. The molecule has 0 aromatic heterocycles. The molecule has 6 heteroatoms. The number of hydrogen-bond acceptors (Lipinski definition) is 3. The van der Waals surface area contributed by atoms with E-state index in [0.717, 1.165) is 38.5 Å². The number of quaternary nitrogens is 1. The maximum Gasteiger partial charge on any atom is 0.273 e. The maximum atomic E-state index is 13.1. The molecule has 0 aliphatic rings. The normalized spacial score (nSPS) is 12.7. The van der Waals surface area contributed by atoms with E-state index in [-0.39, 0.29) is 29.8 Å². The summed E-state index contributed by atoms with van der Waals surface area (Å²) in [4.78, 5) is 39.2. The number of aliphatic hydroxyl groups is 1. The maximum absolute atomic E-state index is 13.1. The van der Waals surface area contributed by atoms with Gasteiger partial charge in [0.1, 0.15) is 23.6 Å². The summed E-state index contributed by atoms with van der Waals surface area (Å²) in [7, 11) is 3.65. The smallest absolute Gasteiger partial charge is 0.273 e. The number of rotatable bonds is 30. The van der Waals surface area contributed by atoms with Crippen LogP contribution in [0.5, 0.6) is 0 Å². The molecule has 0 bridgehead atoms. The second-order valence-electron chi connectivity index (χ2n) is 13.5. The lowest BCUT2D eigenvalue weighted by atomic mass is 9.93. The van der Waals surface area contributed by atoms with Gasteiger partial charge in [0.05, 0.1) is 28.9 Å². The summed E-state index contributed by atoms with van der Waals surface area (Å²) in [5.74, 6) is -0.981. The molecule has 0 aromatic carbocycles. The van der Waals surface area contributed by atoms with Gasteiger partial charge in [-0.2, -0.15) is 0 Å². The van der Waals surface area contributed by atoms with Crippen LogP contribution in [0.25, 0.3) is 0 Å². The largest absolute Gasteiger partial charge is 0.628 e. The lowest BCUT2D eigenvalue weighted by molar-refractivity contribution is -0.861. The summed E-state index contributed by atoms with van der Waals surface area (Å²) in [6.45, 7) is 4.76. The molecule has 5 nitrogen and oxygen atoms in total. The fraction of sp³-hybridized carbons (Fsp3) is 0.914. The molecule has 242 valence electrons. The second kappa shape index (κ2) is 27.0. The van der Waals surface area contributed by atoms with Crippen LogP contribution in [0.4, 0.5) is 0 Å². The first kappa shape index (κ1) is 40.4. The number of hydrogen-bond donors (Lipinski definition) is 1. The molecule has 0 saturated heterocycles. The van der Waals surface area contributed by atoms with Crippen LogP contribution in [-0.2, 0) is 9.59 Å². The number of carbonyl (C=O) groups is 2. The Bertz CT molecular complexity index is 648. The monoisotopic (exact) mass is 598 g/mol. The van der Waals surface area contributed by atoms with Crippen molar-refractivity contribution in [2.75, 3.05) is 33.8 Å². The van der Waals surface area contributed by atoms with E-state index >= 15 is 0 Å². The van der Waals surface area contributed by atoms with Gasteiger partial charge < -0.3 is 14.5 Å². The number of Topliss-reactive ketones (excluding diaryl/α,β-unsaturated/α-hetero) is 2. The molecular weight excluding hydrogens is 529 g/mol. The first-order valence-corrected chi connectivity index (χ1v) is 18.9. The molecule has 0 aliphatic heterocycles. The predicted octanol–water partition coefficient (Wildman–Crippen LogP) is 9.11. The Morgan fingerprint density at radius 2 is 0.878 bits per heavy atom. The second-order valence-corrected chi connectivity index (χ2v) is 15.1. The van der Waals surface area contributed by atoms with Gasteiger partial charge in [0.15, 0.2) is 6.54 Å². The van der Waals surface area contributed by atoms with Gasteiger partial charge in [-0.25, -0.2) is 0 Å². The number of likely N-dealkylation sites (N-methyl/N-ethyl adjacent to an activating group) is 1. The van der Waals surface area contributed by atoms with Crippen LogP contribution in [0.2, 0.25) is 0 Å². The zero-order valence-electron chi connectivity index (χ0n) is 28.0. The molecule has 0 aliphatic carbocycles. The molecule has 1 atom stereocenters. The van der Waals surface area contributed by atoms with Crippen LogP contribution >= 0.6 is 7.77 Å². The Labute approximate surface area is 256 Å². The minimum atomic E-state index is -2.11. The summed E-state index contributed by atoms with van der Waals surface area (Å²) in [5.41, 5.74) is -0.0810. The van der Waals surface area contributed by atoms with Crippen molar-refractivity contribution in [3.63, 3.8) is 0 Å². The van der Waals surface area contributed by atoms with E-state index in [2.05, 4.69) is 13.8 Å². The molecule has 0 amide bonds. The van der Waals surface area contributed by atoms with E-state index < -0.39 is 13.7 Å². The molecule has 41 heavy (non-hydrogen) atoms. The Balaban J connectivity index is 4.55. The molecule has 1 N–H and O–H groups in total. The van der Waals surface area contributed by atoms with Crippen LogP contribution in [0.3, 0.4) is 0 Å². The number of ketones is 2. The third-order valence-corrected chi connectivity index (χ3v) is 9.50. The molecule has 0 fully saturated rings. The Morgan fingerprint density at radius 3 is 1.17 bits per heavy atom. The van der Waals surface area contributed by atoms with Gasteiger partial charge in [0.2, 0.25) is 0 Å². The third kappa shape index (κ3) is 25.6. The molecule has 0 rings (SSSR count). The third-order valence-electron chi connectivity index (χ3n) is 8.08. The Hall–Kier alpha value is -0.610. The summed E-state index contributed by atoms with van der Waals surface area (Å²) < 4.78 is 0.455. The van der Waals surface area contributed by atoms with Crippen molar-refractivity contribution in [1.29, 1.82) is 0 Å². The highest BCUT2D eigenvalue weighted by molar-refractivity contribution is 7.51. The highest BCUT2D eigenvalue weighted by Crippen LogP contribution is 2.24. The molecule has 0 heterocycles. The number of carbonyl (C=O) groups excluding carboxylic acids is 2. The van der Waals surface area contributed by atoms with Crippen LogP contribution in [0, 0.1) is 5.92 Å². The van der Waals surface area contributed by atoms with Crippen LogP contribution in [0.15, 0.2) is 0 Å². The topological polar surface area (TPSA) is 77.4 Å². The van der Waals surface area contributed by atoms with E-state index in [0.29, 0.717) is 17.3 Å². The van der Waals surface area contributed by atoms with E-state index in [9.17, 15) is 19.6 Å². The van der Waals surface area contributed by atoms with Crippen molar-refractivity contribution in [3.8, 4) is 0 Å². The first-order valence-electron chi connectivity index (χ1n) is 17.5. The SMILES string of the molecule is CCCCCCCCCCCCCC(=O)C(C/[P+]([O-])=C(\O)C[N+](C)(C)C)C(=O)CCCCCCCCCCCCC. The lowest BCUT2D eigenvalue weighted by Crippen LogP contribution is -2.40. The Morgan fingerprint density at radius 1 is 0.585 bits per heavy atom. The number of unbranched alkanes of at least 4 members (excludes halogenated alkanes) is 20. The van der Waals surface area contributed by atoms with Gasteiger partial charge >= 0.3 is 0 Å². The van der Waals surface area contributed by atoms with Gasteiger partial charge in [-0.15, -0.1) is 0 Å². The van der Waals surface area contributed by atoms with Gasteiger partial charge in [-0.1, -0.05) is 142 Å². The first-order chi connectivity index (χ1) is 19.6. The fourth-order valence-electron chi connectivity index (χ4n) is 5.43. The summed E-state index contributed by atoms with van der Waals surface area (Å²) in [6, 6.07) is 0. The van der Waals surface area contributed by atoms with E-state index in [1.165, 1.54) is 103 Å². The van der Waals surface area contributed by atoms with Gasteiger partial charge in [-0.05, 0) is 12.8 Å². The van der Waals surface area contributed by atoms with Crippen LogP contribution < -0.4 is 4.89 Å². The zero-order valence-corrected chi connectivity index (χ0v) is 28.9. The van der Waals surface area contributed by atoms with Crippen molar-refractivity contribution in [2.45, 2.75) is 168 Å². The standard InChI is InChI=1S/C35H68NO4P/c1-6-8-10-12-14-16-18-20-22-24-26-28-33(37)32(31-41(40)35(39)30-36(3,4)5)34(38)29-27-25-23-21-19-17-15-13-11-9-7-2/h32H,6-31H2,1-5H3/p+1. The minimum absolute atomic E-state index is 0.0328. The average molecular weight is 599 g/mol. The van der Waals surface area contributed by atoms with E-state index in [1.807, 2.05) is 21.1 Å². The summed E-state index contributed by atoms with van der Waals surface area (Å²) >= 11 is 0. The van der Waals surface area contributed by atoms with E-state index in [4.69, 9.17) is 0 Å². The van der Waals surface area contributed by atoms with Gasteiger partial charge in [-0.3, -0.25) is 9.59 Å². The minimum Gasteiger partial charge on any atom is -0.628 e. The average Bonchev–Trinajstić information content (AvgIpc) is 2.92. The van der Waals surface area contributed by atoms with Crippen molar-refractivity contribution in [1.82, 2.24) is 0 Å². The number of nitrogens with zero attached hydrogens (tertiary/aromatic N) is 1. The predicted molar refractivity (Wildman–Crippen MR) is 177 cm³/mol. The van der Waals surface area contributed by atoms with Crippen LogP contribution in [-0.4, -0.2) is 60.5 Å². The number of aliphatic hydroxyl groups excluding tert-OH is 1. The van der Waals surface area contributed by atoms with Gasteiger partial charge in [0, 0.05) is 12.8 Å². The molecule has 1 unspecified atom stereocenters. The van der Waals surface area contributed by atoms with Crippen molar-refractivity contribution >= 4 is 24.8 Å². The molecule has 0 aromatic rings. The summed E-state index contributed by atoms with van der Waals surface area (Å²) in [5, 5.41) is 10.4. The van der Waals surface area contributed by atoms with Crippen molar-refractivity contribution < 1.29 is 24.1 Å². The molecule has 0 spiro atoms.